The summed E-state index contributed by atoms with van der Waals surface area (Å²) in [5, 5.41) is 8.89. The Morgan fingerprint density at radius 3 is 2.22 bits per heavy atom. The molecular formula is C12H12N2O3S. The van der Waals surface area contributed by atoms with E-state index in [1.165, 1.54) is 24.5 Å². The molecular weight excluding hydrogens is 252 g/mol. The van der Waals surface area contributed by atoms with Crippen molar-refractivity contribution in [3.8, 4) is 0 Å². The van der Waals surface area contributed by atoms with Crippen molar-refractivity contribution in [3.05, 3.63) is 54.4 Å². The highest BCUT2D eigenvalue weighted by atomic mass is 32.2. The highest BCUT2D eigenvalue weighted by Crippen LogP contribution is 2.15. The zero-order chi connectivity index (χ0) is 13.0. The summed E-state index contributed by atoms with van der Waals surface area (Å²) in [6, 6.07) is 9.19. The molecule has 0 saturated heterocycles. The summed E-state index contributed by atoms with van der Waals surface area (Å²) >= 11 is 0. The van der Waals surface area contributed by atoms with Gasteiger partial charge in [0, 0.05) is 12.4 Å². The summed E-state index contributed by atoms with van der Waals surface area (Å²) in [7, 11) is -3.60. The number of aliphatic hydroxyl groups excluding tert-OH is 1. The predicted molar refractivity (Wildman–Crippen MR) is 67.4 cm³/mol. The van der Waals surface area contributed by atoms with Gasteiger partial charge in [-0.1, -0.05) is 12.1 Å². The van der Waals surface area contributed by atoms with Gasteiger partial charge in [-0.25, -0.2) is 8.42 Å². The number of nitrogens with zero attached hydrogens (tertiary/aromatic N) is 1. The second-order valence-corrected chi connectivity index (χ2v) is 5.33. The third-order valence-corrected chi connectivity index (χ3v) is 3.75. The van der Waals surface area contributed by atoms with E-state index >= 15 is 0 Å². The van der Waals surface area contributed by atoms with E-state index in [9.17, 15) is 8.42 Å². The average Bonchev–Trinajstić information content (AvgIpc) is 2.39. The van der Waals surface area contributed by atoms with E-state index in [1.54, 1.807) is 24.3 Å². The van der Waals surface area contributed by atoms with Gasteiger partial charge in [-0.15, -0.1) is 0 Å². The Morgan fingerprint density at radius 1 is 1.06 bits per heavy atom. The first-order valence-corrected chi connectivity index (χ1v) is 6.73. The lowest BCUT2D eigenvalue weighted by Gasteiger charge is -2.07. The van der Waals surface area contributed by atoms with Crippen molar-refractivity contribution in [2.75, 3.05) is 4.72 Å². The Hall–Kier alpha value is -1.92. The molecule has 2 aromatic rings. The quantitative estimate of drug-likeness (QED) is 0.874. The molecule has 6 heteroatoms. The van der Waals surface area contributed by atoms with E-state index in [0.717, 1.165) is 0 Å². The maximum atomic E-state index is 12.0. The SMILES string of the molecule is O=S(=O)(Nc1ccncc1)c1ccc(CO)cc1. The molecule has 5 nitrogen and oxygen atoms in total. The van der Waals surface area contributed by atoms with Gasteiger partial charge in [0.2, 0.25) is 0 Å². The summed E-state index contributed by atoms with van der Waals surface area (Å²) in [5.74, 6) is 0. The van der Waals surface area contributed by atoms with Crippen LogP contribution in [0, 0.1) is 0 Å². The second kappa shape index (κ2) is 5.16. The molecule has 0 saturated carbocycles. The monoisotopic (exact) mass is 264 g/mol. The van der Waals surface area contributed by atoms with Gasteiger partial charge in [0.05, 0.1) is 17.2 Å². The van der Waals surface area contributed by atoms with Crippen molar-refractivity contribution in [1.29, 1.82) is 0 Å². The molecule has 0 spiro atoms. The maximum Gasteiger partial charge on any atom is 0.261 e. The predicted octanol–water partition coefficient (Wildman–Crippen LogP) is 1.37. The van der Waals surface area contributed by atoms with Crippen LogP contribution in [0.1, 0.15) is 5.56 Å². The molecule has 1 heterocycles. The Bertz CT molecular complexity index is 610. The van der Waals surface area contributed by atoms with Gasteiger partial charge in [0.15, 0.2) is 0 Å². The molecule has 0 aliphatic rings. The zero-order valence-electron chi connectivity index (χ0n) is 9.45. The van der Waals surface area contributed by atoms with Gasteiger partial charge < -0.3 is 5.11 Å². The lowest BCUT2D eigenvalue weighted by Crippen LogP contribution is -2.12. The minimum Gasteiger partial charge on any atom is -0.392 e. The maximum absolute atomic E-state index is 12.0. The van der Waals surface area contributed by atoms with Gasteiger partial charge in [0.25, 0.3) is 10.0 Å². The molecule has 0 amide bonds. The lowest BCUT2D eigenvalue weighted by atomic mass is 10.2. The molecule has 0 fully saturated rings. The number of anilines is 1. The summed E-state index contributed by atoms with van der Waals surface area (Å²) in [5.41, 5.74) is 1.12. The highest BCUT2D eigenvalue weighted by Gasteiger charge is 2.13. The normalized spacial score (nSPS) is 11.2. The Morgan fingerprint density at radius 2 is 1.67 bits per heavy atom. The van der Waals surface area contributed by atoms with E-state index in [4.69, 9.17) is 5.11 Å². The molecule has 18 heavy (non-hydrogen) atoms. The minimum absolute atomic E-state index is 0.113. The van der Waals surface area contributed by atoms with Crippen molar-refractivity contribution in [2.24, 2.45) is 0 Å². The number of pyridine rings is 1. The second-order valence-electron chi connectivity index (χ2n) is 3.64. The molecule has 0 radical (unpaired) electrons. The Labute approximate surface area is 105 Å². The minimum atomic E-state index is -3.60. The molecule has 0 unspecified atom stereocenters. The fourth-order valence-corrected chi connectivity index (χ4v) is 2.47. The van der Waals surface area contributed by atoms with Crippen LogP contribution in [0.2, 0.25) is 0 Å². The molecule has 94 valence electrons. The first kappa shape index (κ1) is 12.5. The van der Waals surface area contributed by atoms with Gasteiger partial charge in [-0.3, -0.25) is 9.71 Å². The van der Waals surface area contributed by atoms with E-state index in [0.29, 0.717) is 11.3 Å². The van der Waals surface area contributed by atoms with Crippen molar-refractivity contribution in [2.45, 2.75) is 11.5 Å². The van der Waals surface area contributed by atoms with Crippen LogP contribution in [-0.2, 0) is 16.6 Å². The number of rotatable bonds is 4. The van der Waals surface area contributed by atoms with Crippen LogP contribution in [0.25, 0.3) is 0 Å². The number of nitrogens with one attached hydrogen (secondary N) is 1. The van der Waals surface area contributed by atoms with Crippen molar-refractivity contribution >= 4 is 15.7 Å². The third-order valence-electron chi connectivity index (χ3n) is 2.35. The summed E-state index contributed by atoms with van der Waals surface area (Å²) in [4.78, 5) is 3.96. The number of benzene rings is 1. The number of hydrogen-bond acceptors (Lipinski definition) is 4. The fourth-order valence-electron chi connectivity index (χ4n) is 1.41. The fraction of sp³-hybridized carbons (Fsp3) is 0.0833. The number of sulfonamides is 1. The van der Waals surface area contributed by atoms with Crippen molar-refractivity contribution in [1.82, 2.24) is 4.98 Å². The molecule has 0 aliphatic heterocycles. The van der Waals surface area contributed by atoms with Gasteiger partial charge >= 0.3 is 0 Å². The largest absolute Gasteiger partial charge is 0.392 e. The molecule has 2 rings (SSSR count). The summed E-state index contributed by atoms with van der Waals surface area (Å²) in [6.07, 6.45) is 3.01. The van der Waals surface area contributed by atoms with Crippen LogP contribution in [0.5, 0.6) is 0 Å². The van der Waals surface area contributed by atoms with Gasteiger partial charge in [-0.2, -0.15) is 0 Å². The highest BCUT2D eigenvalue weighted by molar-refractivity contribution is 7.92. The van der Waals surface area contributed by atoms with Crippen molar-refractivity contribution < 1.29 is 13.5 Å². The molecule has 0 atom stereocenters. The van der Waals surface area contributed by atoms with Crippen molar-refractivity contribution in [3.63, 3.8) is 0 Å². The standard InChI is InChI=1S/C12H12N2O3S/c15-9-10-1-3-12(4-2-10)18(16,17)14-11-5-7-13-8-6-11/h1-8,15H,9H2,(H,13,14). The lowest BCUT2D eigenvalue weighted by molar-refractivity contribution is 0.282. The molecule has 0 bridgehead atoms. The first-order chi connectivity index (χ1) is 8.62. The third kappa shape index (κ3) is 2.85. The summed E-state index contributed by atoms with van der Waals surface area (Å²) < 4.78 is 26.5. The number of hydrogen-bond donors (Lipinski definition) is 2. The van der Waals surface area contributed by atoms with Crippen LogP contribution in [0.3, 0.4) is 0 Å². The Kier molecular flexibility index (Phi) is 3.59. The smallest absolute Gasteiger partial charge is 0.261 e. The van der Waals surface area contributed by atoms with Crippen LogP contribution < -0.4 is 4.72 Å². The van der Waals surface area contributed by atoms with E-state index in [-0.39, 0.29) is 11.5 Å². The Balaban J connectivity index is 2.25. The molecule has 0 aliphatic carbocycles. The van der Waals surface area contributed by atoms with Gasteiger partial charge in [-0.05, 0) is 29.8 Å². The zero-order valence-corrected chi connectivity index (χ0v) is 10.3. The van der Waals surface area contributed by atoms with Crippen LogP contribution in [0.4, 0.5) is 5.69 Å². The van der Waals surface area contributed by atoms with Crippen LogP contribution in [-0.4, -0.2) is 18.5 Å². The van der Waals surface area contributed by atoms with E-state index in [1.807, 2.05) is 0 Å². The van der Waals surface area contributed by atoms with Crippen LogP contribution in [0.15, 0.2) is 53.7 Å². The number of aliphatic hydroxyl groups is 1. The molecule has 2 N–H and O–H groups in total. The summed E-state index contributed by atoms with van der Waals surface area (Å²) in [6.45, 7) is -0.113. The topological polar surface area (TPSA) is 79.3 Å². The van der Waals surface area contributed by atoms with Gasteiger partial charge in [0.1, 0.15) is 0 Å². The number of aromatic nitrogens is 1. The van der Waals surface area contributed by atoms with Crippen LogP contribution >= 0.6 is 0 Å². The van der Waals surface area contributed by atoms with E-state index in [2.05, 4.69) is 9.71 Å². The molecule has 1 aromatic carbocycles. The average molecular weight is 264 g/mol. The van der Waals surface area contributed by atoms with E-state index < -0.39 is 10.0 Å². The first-order valence-electron chi connectivity index (χ1n) is 5.24. The molecule has 1 aromatic heterocycles.